The van der Waals surface area contributed by atoms with Gasteiger partial charge in [-0.25, -0.2) is 4.79 Å². The van der Waals surface area contributed by atoms with Crippen molar-refractivity contribution in [3.8, 4) is 0 Å². The van der Waals surface area contributed by atoms with Crippen molar-refractivity contribution in [1.29, 1.82) is 0 Å². The number of carbonyl (C=O) groups is 3. The number of likely N-dealkylation sites (N-methyl/N-ethyl adjacent to an activating group) is 1. The van der Waals surface area contributed by atoms with Crippen LogP contribution in [0.4, 0.5) is 4.79 Å². The maximum absolute atomic E-state index is 13.0. The predicted molar refractivity (Wildman–Crippen MR) is 85.8 cm³/mol. The molecule has 1 saturated carbocycles. The van der Waals surface area contributed by atoms with Gasteiger partial charge in [0.2, 0.25) is 0 Å². The third-order valence-electron chi connectivity index (χ3n) is 6.12. The van der Waals surface area contributed by atoms with Crippen LogP contribution < -0.4 is 5.32 Å². The van der Waals surface area contributed by atoms with Crippen LogP contribution in [-0.2, 0) is 9.59 Å². The Kier molecular flexibility index (Phi) is 4.45. The highest BCUT2D eigenvalue weighted by Gasteiger charge is 2.56. The lowest BCUT2D eigenvalue weighted by Crippen LogP contribution is -2.52. The van der Waals surface area contributed by atoms with Crippen molar-refractivity contribution in [2.75, 3.05) is 26.7 Å². The van der Waals surface area contributed by atoms with Gasteiger partial charge in [-0.15, -0.1) is 0 Å². The topological polar surface area (TPSA) is 69.7 Å². The number of nitrogens with one attached hydrogen (secondary N) is 1. The number of rotatable bonds is 4. The fraction of sp³-hybridized carbons (Fsp3) is 0.824. The molecule has 2 aliphatic heterocycles. The molecule has 2 heterocycles. The van der Waals surface area contributed by atoms with E-state index in [2.05, 4.69) is 5.32 Å². The molecule has 0 aromatic carbocycles. The molecule has 2 atom stereocenters. The summed E-state index contributed by atoms with van der Waals surface area (Å²) in [7, 11) is 1.70. The molecule has 0 radical (unpaired) electrons. The van der Waals surface area contributed by atoms with E-state index in [-0.39, 0.29) is 36.1 Å². The lowest BCUT2D eigenvalue weighted by atomic mass is 9.75. The zero-order valence-corrected chi connectivity index (χ0v) is 14.1. The summed E-state index contributed by atoms with van der Waals surface area (Å²) in [5.41, 5.74) is -0.786. The third-order valence-corrected chi connectivity index (χ3v) is 6.12. The minimum atomic E-state index is -0.786. The monoisotopic (exact) mass is 321 g/mol. The minimum absolute atomic E-state index is 0.00186. The fourth-order valence-corrected chi connectivity index (χ4v) is 4.35. The van der Waals surface area contributed by atoms with Crippen LogP contribution in [0.3, 0.4) is 0 Å². The Morgan fingerprint density at radius 2 is 1.91 bits per heavy atom. The quantitative estimate of drug-likeness (QED) is 0.795. The first kappa shape index (κ1) is 16.4. The number of ketones is 1. The molecule has 2 saturated heterocycles. The van der Waals surface area contributed by atoms with E-state index in [0.717, 1.165) is 38.6 Å². The Morgan fingerprint density at radius 1 is 1.22 bits per heavy atom. The van der Waals surface area contributed by atoms with Crippen molar-refractivity contribution in [3.05, 3.63) is 0 Å². The molecule has 1 aliphatic carbocycles. The van der Waals surface area contributed by atoms with E-state index in [1.165, 1.54) is 11.3 Å². The average molecular weight is 321 g/mol. The molecule has 3 amide bonds. The predicted octanol–water partition coefficient (Wildman–Crippen LogP) is 1.40. The molecule has 23 heavy (non-hydrogen) atoms. The highest BCUT2D eigenvalue weighted by molar-refractivity contribution is 6.09. The second-order valence-electron chi connectivity index (χ2n) is 7.37. The van der Waals surface area contributed by atoms with Crippen molar-refractivity contribution in [1.82, 2.24) is 15.1 Å². The third kappa shape index (κ3) is 2.67. The van der Waals surface area contributed by atoms with Crippen LogP contribution in [0.2, 0.25) is 0 Å². The summed E-state index contributed by atoms with van der Waals surface area (Å²) in [6.45, 7) is 3.30. The van der Waals surface area contributed by atoms with Crippen LogP contribution in [0.1, 0.15) is 45.4 Å². The van der Waals surface area contributed by atoms with Crippen LogP contribution in [0, 0.1) is 11.8 Å². The van der Waals surface area contributed by atoms with Gasteiger partial charge in [-0.2, -0.15) is 0 Å². The first-order chi connectivity index (χ1) is 11.0. The molecule has 3 rings (SSSR count). The number of amides is 3. The average Bonchev–Trinajstić information content (AvgIpc) is 3.16. The van der Waals surface area contributed by atoms with E-state index in [9.17, 15) is 14.4 Å². The van der Waals surface area contributed by atoms with E-state index < -0.39 is 5.54 Å². The van der Waals surface area contributed by atoms with Gasteiger partial charge in [-0.3, -0.25) is 14.5 Å². The normalized spacial score (nSPS) is 32.9. The lowest BCUT2D eigenvalue weighted by molar-refractivity contribution is -0.138. The molecule has 0 bridgehead atoms. The SMILES string of the molecule is CN1C(=O)N(CC(=O)C2CCNC2)C(=O)C1(C)C1CCCCC1. The van der Waals surface area contributed by atoms with Gasteiger partial charge in [0.15, 0.2) is 5.78 Å². The van der Waals surface area contributed by atoms with Crippen LogP contribution in [0.15, 0.2) is 0 Å². The summed E-state index contributed by atoms with van der Waals surface area (Å²) in [5.74, 6) is -0.0532. The fourth-order valence-electron chi connectivity index (χ4n) is 4.35. The maximum Gasteiger partial charge on any atom is 0.327 e. The standard InChI is InChI=1S/C17H27N3O3/c1-17(13-6-4-3-5-7-13)15(22)20(16(23)19(17)2)11-14(21)12-8-9-18-10-12/h12-13,18H,3-11H2,1-2H3. The smallest absolute Gasteiger partial charge is 0.316 e. The van der Waals surface area contributed by atoms with Crippen LogP contribution >= 0.6 is 0 Å². The zero-order valence-electron chi connectivity index (χ0n) is 14.1. The van der Waals surface area contributed by atoms with Gasteiger partial charge < -0.3 is 10.2 Å². The second-order valence-corrected chi connectivity index (χ2v) is 7.37. The molecule has 6 heteroatoms. The molecule has 3 fully saturated rings. The van der Waals surface area contributed by atoms with Gasteiger partial charge in [0, 0.05) is 19.5 Å². The molecular weight excluding hydrogens is 294 g/mol. The highest BCUT2D eigenvalue weighted by Crippen LogP contribution is 2.40. The molecule has 1 N–H and O–H groups in total. The van der Waals surface area contributed by atoms with Crippen molar-refractivity contribution < 1.29 is 14.4 Å². The van der Waals surface area contributed by atoms with Crippen molar-refractivity contribution >= 4 is 17.7 Å². The molecule has 2 unspecified atom stereocenters. The molecule has 0 spiro atoms. The molecule has 3 aliphatic rings. The molecule has 0 aromatic rings. The Balaban J connectivity index is 1.75. The first-order valence-corrected chi connectivity index (χ1v) is 8.79. The largest absolute Gasteiger partial charge is 0.327 e. The first-order valence-electron chi connectivity index (χ1n) is 8.79. The second kappa shape index (κ2) is 6.23. The van der Waals surface area contributed by atoms with Crippen molar-refractivity contribution in [2.45, 2.75) is 51.0 Å². The number of urea groups is 1. The summed E-state index contributed by atoms with van der Waals surface area (Å²) in [6, 6.07) is -0.317. The van der Waals surface area contributed by atoms with Gasteiger partial charge >= 0.3 is 6.03 Å². The number of nitrogens with zero attached hydrogens (tertiary/aromatic N) is 2. The van der Waals surface area contributed by atoms with Gasteiger partial charge in [0.05, 0.1) is 6.54 Å². The highest BCUT2D eigenvalue weighted by atomic mass is 16.2. The summed E-state index contributed by atoms with van der Waals surface area (Å²) in [4.78, 5) is 40.7. The Hall–Kier alpha value is -1.43. The minimum Gasteiger partial charge on any atom is -0.316 e. The Labute approximate surface area is 137 Å². The molecule has 6 nitrogen and oxygen atoms in total. The number of hydrogen-bond acceptors (Lipinski definition) is 4. The van der Waals surface area contributed by atoms with Gasteiger partial charge in [-0.05, 0) is 38.6 Å². The van der Waals surface area contributed by atoms with Crippen LogP contribution in [0.5, 0.6) is 0 Å². The maximum atomic E-state index is 13.0. The van der Waals surface area contributed by atoms with E-state index in [1.807, 2.05) is 6.92 Å². The van der Waals surface area contributed by atoms with Gasteiger partial charge in [0.25, 0.3) is 5.91 Å². The van der Waals surface area contributed by atoms with Gasteiger partial charge in [0.1, 0.15) is 5.54 Å². The number of hydrogen-bond donors (Lipinski definition) is 1. The Bertz CT molecular complexity index is 509. The number of Topliss-reactive ketones (excluding diaryl/α,β-unsaturated/α-hetero) is 1. The number of imide groups is 1. The van der Waals surface area contributed by atoms with Crippen molar-refractivity contribution in [3.63, 3.8) is 0 Å². The zero-order chi connectivity index (χ0) is 16.6. The summed E-state index contributed by atoms with van der Waals surface area (Å²) >= 11 is 0. The van der Waals surface area contributed by atoms with Crippen LogP contribution in [-0.4, -0.2) is 59.7 Å². The lowest BCUT2D eigenvalue weighted by Gasteiger charge is -2.38. The molecular formula is C17H27N3O3. The molecule has 128 valence electrons. The van der Waals surface area contributed by atoms with Crippen molar-refractivity contribution in [2.24, 2.45) is 11.8 Å². The Morgan fingerprint density at radius 3 is 2.52 bits per heavy atom. The number of carbonyl (C=O) groups excluding carboxylic acids is 3. The van der Waals surface area contributed by atoms with E-state index >= 15 is 0 Å². The van der Waals surface area contributed by atoms with Crippen LogP contribution in [0.25, 0.3) is 0 Å². The van der Waals surface area contributed by atoms with Gasteiger partial charge in [-0.1, -0.05) is 19.3 Å². The summed E-state index contributed by atoms with van der Waals surface area (Å²) in [5, 5.41) is 3.16. The van der Waals surface area contributed by atoms with E-state index in [1.54, 1.807) is 11.9 Å². The summed E-state index contributed by atoms with van der Waals surface area (Å²) < 4.78 is 0. The van der Waals surface area contributed by atoms with E-state index in [0.29, 0.717) is 6.54 Å². The molecule has 0 aromatic heterocycles. The van der Waals surface area contributed by atoms with E-state index in [4.69, 9.17) is 0 Å². The summed E-state index contributed by atoms with van der Waals surface area (Å²) in [6.07, 6.45) is 6.19.